The normalized spacial score (nSPS) is 11.1. The number of hydrogen-bond donors (Lipinski definition) is 1. The van der Waals surface area contributed by atoms with Gasteiger partial charge in [0.15, 0.2) is 0 Å². The van der Waals surface area contributed by atoms with Gasteiger partial charge in [-0.3, -0.25) is 4.79 Å². The number of benzene rings is 2. The monoisotopic (exact) mass is 391 g/mol. The molecule has 0 aromatic heterocycles. The molecule has 0 saturated heterocycles. The number of methoxy groups -OCH3 is 1. The Bertz CT molecular complexity index is 798. The van der Waals surface area contributed by atoms with Crippen molar-refractivity contribution in [3.8, 4) is 0 Å². The molecule has 0 heterocycles. The number of thioether (sulfide) groups is 1. The zero-order chi connectivity index (χ0) is 19.3. The molecule has 6 heteroatoms. The highest BCUT2D eigenvalue weighted by Gasteiger charge is 2.14. The summed E-state index contributed by atoms with van der Waals surface area (Å²) in [5, 5.41) is 3.05. The first-order chi connectivity index (χ1) is 12.2. The molecule has 4 nitrogen and oxygen atoms in total. The second-order valence-electron chi connectivity index (χ2n) is 6.80. The van der Waals surface area contributed by atoms with Crippen molar-refractivity contribution in [3.05, 3.63) is 58.6 Å². The van der Waals surface area contributed by atoms with Gasteiger partial charge in [0.2, 0.25) is 5.91 Å². The first-order valence-corrected chi connectivity index (χ1v) is 9.48. The Hall–Kier alpha value is -1.98. The van der Waals surface area contributed by atoms with Crippen LogP contribution in [0.3, 0.4) is 0 Å². The summed E-state index contributed by atoms with van der Waals surface area (Å²) in [6.45, 7) is 6.49. The maximum Gasteiger partial charge on any atom is 0.339 e. The summed E-state index contributed by atoms with van der Waals surface area (Å²) < 4.78 is 4.68. The maximum atomic E-state index is 12.2. The van der Waals surface area contributed by atoms with Crippen molar-refractivity contribution in [3.63, 3.8) is 0 Å². The minimum Gasteiger partial charge on any atom is -0.465 e. The number of hydrogen-bond acceptors (Lipinski definition) is 4. The third-order valence-corrected chi connectivity index (χ3v) is 5.09. The van der Waals surface area contributed by atoms with Gasteiger partial charge in [-0.05, 0) is 41.3 Å². The molecule has 1 N–H and O–H groups in total. The number of rotatable bonds is 5. The second-order valence-corrected chi connectivity index (χ2v) is 8.25. The number of ether oxygens (including phenoxy) is 1. The highest BCUT2D eigenvalue weighted by Crippen LogP contribution is 2.26. The quantitative estimate of drug-likeness (QED) is 0.565. The molecule has 0 aliphatic carbocycles. The summed E-state index contributed by atoms with van der Waals surface area (Å²) in [4.78, 5) is 24.9. The average molecular weight is 392 g/mol. The molecular weight excluding hydrogens is 370 g/mol. The van der Waals surface area contributed by atoms with Crippen molar-refractivity contribution in [2.24, 2.45) is 0 Å². The first-order valence-electron chi connectivity index (χ1n) is 8.12. The number of amides is 1. The lowest BCUT2D eigenvalue weighted by atomic mass is 9.87. The molecule has 0 radical (unpaired) electrons. The number of esters is 1. The van der Waals surface area contributed by atoms with Crippen LogP contribution in [0.1, 0.15) is 36.7 Å². The molecule has 138 valence electrons. The summed E-state index contributed by atoms with van der Waals surface area (Å²) in [7, 11) is 1.28. The number of halogens is 1. The van der Waals surface area contributed by atoms with E-state index in [0.29, 0.717) is 5.69 Å². The number of nitrogens with one attached hydrogen (secondary N) is 1. The first kappa shape index (κ1) is 20.3. The van der Waals surface area contributed by atoms with Gasteiger partial charge in [-0.15, -0.1) is 11.8 Å². The Morgan fingerprint density at radius 3 is 2.35 bits per heavy atom. The van der Waals surface area contributed by atoms with Gasteiger partial charge >= 0.3 is 5.97 Å². The highest BCUT2D eigenvalue weighted by atomic mass is 35.5. The van der Waals surface area contributed by atoms with Gasteiger partial charge in [-0.25, -0.2) is 4.79 Å². The van der Waals surface area contributed by atoms with Gasteiger partial charge in [0, 0.05) is 10.6 Å². The van der Waals surface area contributed by atoms with E-state index in [2.05, 4.69) is 43.0 Å². The van der Waals surface area contributed by atoms with Gasteiger partial charge in [0.25, 0.3) is 0 Å². The standard InChI is InChI=1S/C20H22ClNO3S/c1-20(2,3)13-5-8-15(9-6-13)26-12-18(23)22-14-7-10-17(21)16(11-14)19(24)25-4/h5-11H,12H2,1-4H3,(H,22,23). The van der Waals surface area contributed by atoms with Crippen molar-refractivity contribution in [1.29, 1.82) is 0 Å². The molecule has 0 spiro atoms. The molecule has 0 saturated carbocycles. The SMILES string of the molecule is COC(=O)c1cc(NC(=O)CSc2ccc(C(C)(C)C)cc2)ccc1Cl. The summed E-state index contributed by atoms with van der Waals surface area (Å²) in [6, 6.07) is 12.9. The number of carbonyl (C=O) groups is 2. The Morgan fingerprint density at radius 2 is 1.77 bits per heavy atom. The van der Waals surface area contributed by atoms with Crippen LogP contribution in [0.25, 0.3) is 0 Å². The summed E-state index contributed by atoms with van der Waals surface area (Å²) in [6.07, 6.45) is 0. The Morgan fingerprint density at radius 1 is 1.12 bits per heavy atom. The maximum absolute atomic E-state index is 12.2. The van der Waals surface area contributed by atoms with Crippen LogP contribution in [0.5, 0.6) is 0 Å². The fourth-order valence-electron chi connectivity index (χ4n) is 2.27. The zero-order valence-electron chi connectivity index (χ0n) is 15.3. The van der Waals surface area contributed by atoms with E-state index in [-0.39, 0.29) is 27.7 Å². The third-order valence-electron chi connectivity index (χ3n) is 3.75. The molecule has 1 amide bonds. The second kappa shape index (κ2) is 8.60. The fraction of sp³-hybridized carbons (Fsp3) is 0.300. The molecule has 0 bridgehead atoms. The Balaban J connectivity index is 1.96. The minimum atomic E-state index is -0.542. The van der Waals surface area contributed by atoms with Crippen LogP contribution in [-0.2, 0) is 14.9 Å². The molecule has 0 atom stereocenters. The van der Waals surface area contributed by atoms with E-state index in [1.54, 1.807) is 12.1 Å². The Labute approximate surface area is 163 Å². The van der Waals surface area contributed by atoms with Crippen molar-refractivity contribution < 1.29 is 14.3 Å². The molecule has 0 aliphatic heterocycles. The van der Waals surface area contributed by atoms with Crippen LogP contribution < -0.4 is 5.32 Å². The van der Waals surface area contributed by atoms with Crippen LogP contribution in [0.2, 0.25) is 5.02 Å². The molecule has 2 rings (SSSR count). The summed E-state index contributed by atoms with van der Waals surface area (Å²) in [5.74, 6) is -0.433. The minimum absolute atomic E-state index is 0.104. The third kappa shape index (κ3) is 5.51. The molecule has 0 fully saturated rings. The van der Waals surface area contributed by atoms with Crippen molar-refractivity contribution in [2.75, 3.05) is 18.2 Å². The van der Waals surface area contributed by atoms with Gasteiger partial charge in [-0.1, -0.05) is 44.5 Å². The summed E-state index contributed by atoms with van der Waals surface area (Å²) >= 11 is 7.43. The largest absolute Gasteiger partial charge is 0.465 e. The van der Waals surface area contributed by atoms with Gasteiger partial charge < -0.3 is 10.1 Å². The van der Waals surface area contributed by atoms with Crippen molar-refractivity contribution >= 4 is 40.9 Å². The molecule has 0 aliphatic rings. The van der Waals surface area contributed by atoms with Gasteiger partial charge in [0.1, 0.15) is 0 Å². The van der Waals surface area contributed by atoms with E-state index >= 15 is 0 Å². The average Bonchev–Trinajstić information content (AvgIpc) is 2.60. The van der Waals surface area contributed by atoms with E-state index < -0.39 is 5.97 Å². The smallest absolute Gasteiger partial charge is 0.339 e. The van der Waals surface area contributed by atoms with E-state index in [1.807, 2.05) is 12.1 Å². The van der Waals surface area contributed by atoms with Gasteiger partial charge in [0.05, 0.1) is 23.4 Å². The molecular formula is C20H22ClNO3S. The lowest BCUT2D eigenvalue weighted by Crippen LogP contribution is -2.15. The molecule has 2 aromatic carbocycles. The van der Waals surface area contributed by atoms with Crippen LogP contribution in [-0.4, -0.2) is 24.7 Å². The van der Waals surface area contributed by atoms with Crippen molar-refractivity contribution in [1.82, 2.24) is 0 Å². The lowest BCUT2D eigenvalue weighted by Gasteiger charge is -2.19. The van der Waals surface area contributed by atoms with E-state index in [1.165, 1.54) is 30.5 Å². The van der Waals surface area contributed by atoms with Crippen molar-refractivity contribution in [2.45, 2.75) is 31.1 Å². The highest BCUT2D eigenvalue weighted by molar-refractivity contribution is 8.00. The predicted octanol–water partition coefficient (Wildman–Crippen LogP) is 5.15. The molecule has 2 aromatic rings. The van der Waals surface area contributed by atoms with Gasteiger partial charge in [-0.2, -0.15) is 0 Å². The van der Waals surface area contributed by atoms with Crippen LogP contribution in [0, 0.1) is 0 Å². The lowest BCUT2D eigenvalue weighted by molar-refractivity contribution is -0.113. The molecule has 0 unspecified atom stereocenters. The zero-order valence-corrected chi connectivity index (χ0v) is 16.8. The van der Waals surface area contributed by atoms with Crippen LogP contribution >= 0.6 is 23.4 Å². The fourth-order valence-corrected chi connectivity index (χ4v) is 3.16. The van der Waals surface area contributed by atoms with Crippen LogP contribution in [0.4, 0.5) is 5.69 Å². The molecule has 26 heavy (non-hydrogen) atoms. The Kier molecular flexibility index (Phi) is 6.73. The van der Waals surface area contributed by atoms with Crippen LogP contribution in [0.15, 0.2) is 47.4 Å². The topological polar surface area (TPSA) is 55.4 Å². The van der Waals surface area contributed by atoms with E-state index in [0.717, 1.165) is 4.90 Å². The van der Waals surface area contributed by atoms with E-state index in [9.17, 15) is 9.59 Å². The number of anilines is 1. The van der Waals surface area contributed by atoms with E-state index in [4.69, 9.17) is 11.6 Å². The predicted molar refractivity (Wildman–Crippen MR) is 107 cm³/mol. The summed E-state index contributed by atoms with van der Waals surface area (Å²) in [5.41, 5.74) is 2.08. The number of carbonyl (C=O) groups excluding carboxylic acids is 2.